The molecule has 3 heteroatoms. The number of aromatic nitrogens is 1. The van der Waals surface area contributed by atoms with Crippen LogP contribution in [0.5, 0.6) is 0 Å². The lowest BCUT2D eigenvalue weighted by atomic mass is 10.4. The van der Waals surface area contributed by atoms with Gasteiger partial charge in [-0.1, -0.05) is 0 Å². The molecule has 0 unspecified atom stereocenters. The molecule has 1 aliphatic heterocycles. The van der Waals surface area contributed by atoms with Crippen LogP contribution in [0.15, 0.2) is 12.1 Å². The fourth-order valence-corrected chi connectivity index (χ4v) is 1.54. The van der Waals surface area contributed by atoms with Crippen LogP contribution in [-0.2, 0) is 0 Å². The monoisotopic (exact) mass is 151 g/mol. The minimum Gasteiger partial charge on any atom is -0.385 e. The van der Waals surface area contributed by atoms with E-state index in [0.29, 0.717) is 0 Å². The Morgan fingerprint density at radius 3 is 2.55 bits per heavy atom. The van der Waals surface area contributed by atoms with E-state index in [0.717, 1.165) is 5.82 Å². The van der Waals surface area contributed by atoms with Crippen molar-refractivity contribution in [3.8, 4) is 0 Å². The maximum absolute atomic E-state index is 5.56. The van der Waals surface area contributed by atoms with Gasteiger partial charge in [-0.25, -0.2) is 0 Å². The van der Waals surface area contributed by atoms with Gasteiger partial charge in [0.15, 0.2) is 0 Å². The molecule has 1 aromatic heterocycles. The van der Waals surface area contributed by atoms with Crippen molar-refractivity contribution in [2.75, 3.05) is 23.7 Å². The first-order valence-corrected chi connectivity index (χ1v) is 4.06. The number of nitrogens with two attached hydrogens (primary N) is 1. The normalized spacial score (nSPS) is 17.6. The first-order valence-electron chi connectivity index (χ1n) is 4.06. The van der Waals surface area contributed by atoms with Crippen molar-refractivity contribution in [3.63, 3.8) is 0 Å². The maximum atomic E-state index is 5.56. The van der Waals surface area contributed by atoms with Gasteiger partial charge in [-0.05, 0) is 25.0 Å². The first kappa shape index (κ1) is 6.58. The molecule has 0 bridgehead atoms. The van der Waals surface area contributed by atoms with Gasteiger partial charge in [-0.2, -0.15) is 0 Å². The largest absolute Gasteiger partial charge is 0.385 e. The Labute approximate surface area is 66.2 Å². The third-order valence-electron chi connectivity index (χ3n) is 2.14. The lowest BCUT2D eigenvalue weighted by Crippen LogP contribution is -2.17. The number of rotatable bonds is 1. The van der Waals surface area contributed by atoms with Gasteiger partial charge in [0.05, 0.1) is 0 Å². The van der Waals surface area contributed by atoms with Crippen molar-refractivity contribution in [3.05, 3.63) is 12.1 Å². The molecule has 3 nitrogen and oxygen atoms in total. The highest BCUT2D eigenvalue weighted by Gasteiger charge is 2.12. The van der Waals surface area contributed by atoms with E-state index in [4.69, 9.17) is 5.73 Å². The molecule has 0 saturated carbocycles. The average Bonchev–Trinajstić information content (AvgIpc) is 2.55. The zero-order chi connectivity index (χ0) is 7.68. The summed E-state index contributed by atoms with van der Waals surface area (Å²) in [5.41, 5.74) is 5.56. The molecule has 0 aromatic carbocycles. The summed E-state index contributed by atoms with van der Waals surface area (Å²) in [7, 11) is 0. The Kier molecular flexibility index (Phi) is 1.49. The number of hydrogen-bond acceptors (Lipinski definition) is 2. The third kappa shape index (κ3) is 1.18. The second-order valence-corrected chi connectivity index (χ2v) is 2.99. The fraction of sp³-hybridized carbons (Fsp3) is 0.500. The Balaban J connectivity index is 2.15. The molecule has 0 aliphatic carbocycles. The number of aromatic amines is 1. The van der Waals surface area contributed by atoms with Crippen LogP contribution in [0.2, 0.25) is 0 Å². The standard InChI is InChI=1S/C8H13N3/c9-7-3-4-8(10-7)11-5-1-2-6-11/h3-4,10H,1-2,5-6,9H2. The van der Waals surface area contributed by atoms with E-state index in [1.165, 1.54) is 31.7 Å². The number of H-pyrrole nitrogens is 1. The van der Waals surface area contributed by atoms with Crippen LogP contribution in [0.1, 0.15) is 12.8 Å². The molecule has 0 atom stereocenters. The van der Waals surface area contributed by atoms with Crippen molar-refractivity contribution in [1.82, 2.24) is 4.98 Å². The summed E-state index contributed by atoms with van der Waals surface area (Å²) in [6.45, 7) is 2.33. The summed E-state index contributed by atoms with van der Waals surface area (Å²) in [5.74, 6) is 1.92. The number of nitrogens with one attached hydrogen (secondary N) is 1. The van der Waals surface area contributed by atoms with Crippen molar-refractivity contribution in [1.29, 1.82) is 0 Å². The molecule has 1 saturated heterocycles. The fourth-order valence-electron chi connectivity index (χ4n) is 1.54. The van der Waals surface area contributed by atoms with Crippen LogP contribution in [-0.4, -0.2) is 18.1 Å². The molecule has 0 amide bonds. The molecule has 2 rings (SSSR count). The Bertz CT molecular complexity index is 235. The average molecular weight is 151 g/mol. The Morgan fingerprint density at radius 2 is 2.00 bits per heavy atom. The number of hydrogen-bond donors (Lipinski definition) is 2. The van der Waals surface area contributed by atoms with Crippen LogP contribution in [0, 0.1) is 0 Å². The quantitative estimate of drug-likeness (QED) is 0.633. The molecule has 3 N–H and O–H groups in total. The van der Waals surface area contributed by atoms with Gasteiger partial charge < -0.3 is 15.6 Å². The summed E-state index contributed by atoms with van der Waals surface area (Å²) in [6.07, 6.45) is 2.61. The highest BCUT2D eigenvalue weighted by atomic mass is 15.2. The predicted octanol–water partition coefficient (Wildman–Crippen LogP) is 1.20. The summed E-state index contributed by atoms with van der Waals surface area (Å²) < 4.78 is 0. The van der Waals surface area contributed by atoms with Gasteiger partial charge in [0.25, 0.3) is 0 Å². The summed E-state index contributed by atoms with van der Waals surface area (Å²) >= 11 is 0. The lowest BCUT2D eigenvalue weighted by Gasteiger charge is -2.14. The van der Waals surface area contributed by atoms with Crippen LogP contribution in [0.3, 0.4) is 0 Å². The minimum atomic E-state index is 0.756. The maximum Gasteiger partial charge on any atom is 0.107 e. The first-order chi connectivity index (χ1) is 5.36. The van der Waals surface area contributed by atoms with Gasteiger partial charge in [0.2, 0.25) is 0 Å². The Hall–Kier alpha value is -1.12. The lowest BCUT2D eigenvalue weighted by molar-refractivity contribution is 0.947. The molecule has 1 aliphatic rings. The number of anilines is 2. The SMILES string of the molecule is Nc1ccc(N2CCCC2)[nH]1. The van der Waals surface area contributed by atoms with Crippen molar-refractivity contribution in [2.45, 2.75) is 12.8 Å². The second kappa shape index (κ2) is 2.49. The van der Waals surface area contributed by atoms with Crippen LogP contribution in [0.25, 0.3) is 0 Å². The van der Waals surface area contributed by atoms with Gasteiger partial charge >= 0.3 is 0 Å². The molecule has 0 radical (unpaired) electrons. The van der Waals surface area contributed by atoms with E-state index in [2.05, 4.69) is 9.88 Å². The molecule has 2 heterocycles. The topological polar surface area (TPSA) is 45.0 Å². The van der Waals surface area contributed by atoms with Gasteiger partial charge in [-0.3, -0.25) is 0 Å². The molecular weight excluding hydrogens is 138 g/mol. The van der Waals surface area contributed by atoms with Gasteiger partial charge in [0.1, 0.15) is 11.6 Å². The van der Waals surface area contributed by atoms with E-state index in [1.54, 1.807) is 0 Å². The minimum absolute atomic E-state index is 0.756. The van der Waals surface area contributed by atoms with Crippen LogP contribution >= 0.6 is 0 Å². The summed E-state index contributed by atoms with van der Waals surface area (Å²) in [4.78, 5) is 5.45. The molecule has 1 aromatic rings. The number of nitrogens with zero attached hydrogens (tertiary/aromatic N) is 1. The molecule has 60 valence electrons. The van der Waals surface area contributed by atoms with Crippen molar-refractivity contribution >= 4 is 11.6 Å². The van der Waals surface area contributed by atoms with Crippen LogP contribution < -0.4 is 10.6 Å². The van der Waals surface area contributed by atoms with E-state index >= 15 is 0 Å². The van der Waals surface area contributed by atoms with E-state index < -0.39 is 0 Å². The third-order valence-corrected chi connectivity index (χ3v) is 2.14. The van der Waals surface area contributed by atoms with Gasteiger partial charge in [-0.15, -0.1) is 0 Å². The molecule has 0 spiro atoms. The Morgan fingerprint density at radius 1 is 1.27 bits per heavy atom. The van der Waals surface area contributed by atoms with E-state index in [9.17, 15) is 0 Å². The number of nitrogen functional groups attached to an aromatic ring is 1. The van der Waals surface area contributed by atoms with Crippen molar-refractivity contribution < 1.29 is 0 Å². The molecule has 1 fully saturated rings. The highest BCUT2D eigenvalue weighted by molar-refractivity contribution is 5.48. The summed E-state index contributed by atoms with van der Waals surface area (Å²) in [6, 6.07) is 3.95. The molecular formula is C8H13N3. The van der Waals surface area contributed by atoms with Crippen molar-refractivity contribution in [2.24, 2.45) is 0 Å². The highest BCUT2D eigenvalue weighted by Crippen LogP contribution is 2.19. The zero-order valence-electron chi connectivity index (χ0n) is 6.51. The second-order valence-electron chi connectivity index (χ2n) is 2.99. The van der Waals surface area contributed by atoms with E-state index in [-0.39, 0.29) is 0 Å². The summed E-state index contributed by atoms with van der Waals surface area (Å²) in [5, 5.41) is 0. The predicted molar refractivity (Wildman–Crippen MR) is 46.7 cm³/mol. The van der Waals surface area contributed by atoms with E-state index in [1.807, 2.05) is 12.1 Å². The zero-order valence-corrected chi connectivity index (χ0v) is 6.51. The smallest absolute Gasteiger partial charge is 0.107 e. The van der Waals surface area contributed by atoms with Gasteiger partial charge in [0, 0.05) is 13.1 Å². The van der Waals surface area contributed by atoms with Crippen LogP contribution in [0.4, 0.5) is 11.6 Å². The molecule has 11 heavy (non-hydrogen) atoms.